The van der Waals surface area contributed by atoms with Crippen molar-refractivity contribution in [3.8, 4) is 5.75 Å². The number of esters is 1. The molecule has 156 valence electrons. The predicted molar refractivity (Wildman–Crippen MR) is 118 cm³/mol. The Balaban J connectivity index is 1.41. The molecule has 0 N–H and O–H groups in total. The second kappa shape index (κ2) is 8.26. The molecule has 0 aliphatic heterocycles. The third kappa shape index (κ3) is 3.79. The Kier molecular flexibility index (Phi) is 5.16. The van der Waals surface area contributed by atoms with Gasteiger partial charge in [-0.3, -0.25) is 0 Å². The highest BCUT2D eigenvalue weighted by Gasteiger charge is 2.20. The average molecular weight is 414 g/mol. The maximum Gasteiger partial charge on any atom is 0.344 e. The molecule has 1 heterocycles. The Morgan fingerprint density at radius 3 is 2.45 bits per heavy atom. The summed E-state index contributed by atoms with van der Waals surface area (Å²) in [4.78, 5) is 24.7. The normalized spacial score (nSPS) is 13.2. The summed E-state index contributed by atoms with van der Waals surface area (Å²) in [5.41, 5.74) is 3.18. The van der Waals surface area contributed by atoms with E-state index in [1.165, 1.54) is 0 Å². The number of aryl methyl sites for hydroxylation is 1. The highest BCUT2D eigenvalue weighted by molar-refractivity contribution is 6.07. The maximum absolute atomic E-state index is 12.6. The van der Waals surface area contributed by atoms with Crippen LogP contribution in [0, 0.1) is 0 Å². The highest BCUT2D eigenvalue weighted by atomic mass is 16.6. The number of carbonyl (C=O) groups is 1. The molecule has 1 aliphatic rings. The van der Waals surface area contributed by atoms with Crippen LogP contribution in [-0.4, -0.2) is 12.6 Å². The van der Waals surface area contributed by atoms with E-state index in [2.05, 4.69) is 0 Å². The predicted octanol–water partition coefficient (Wildman–Crippen LogP) is 4.95. The molecule has 0 unspecified atom stereocenters. The number of hydrogen-bond donors (Lipinski definition) is 0. The van der Waals surface area contributed by atoms with E-state index in [0.717, 1.165) is 58.5 Å². The molecule has 5 rings (SSSR count). The summed E-state index contributed by atoms with van der Waals surface area (Å²) in [5, 5.41) is 2.59. The largest absolute Gasteiger partial charge is 0.481 e. The maximum atomic E-state index is 12.6. The molecule has 5 nitrogen and oxygen atoms in total. The highest BCUT2D eigenvalue weighted by Crippen LogP contribution is 2.34. The Labute approximate surface area is 179 Å². The lowest BCUT2D eigenvalue weighted by molar-refractivity contribution is -0.147. The zero-order chi connectivity index (χ0) is 21.2. The third-order valence-corrected chi connectivity index (χ3v) is 5.79. The van der Waals surface area contributed by atoms with E-state index in [-0.39, 0.29) is 18.8 Å². The minimum absolute atomic E-state index is 0.196. The van der Waals surface area contributed by atoms with Gasteiger partial charge in [0.25, 0.3) is 0 Å². The van der Waals surface area contributed by atoms with Crippen molar-refractivity contribution in [1.29, 1.82) is 0 Å². The van der Waals surface area contributed by atoms with E-state index in [4.69, 9.17) is 13.9 Å². The van der Waals surface area contributed by atoms with Crippen LogP contribution in [0.25, 0.3) is 21.7 Å². The first kappa shape index (κ1) is 19.4. The molecule has 0 fully saturated rings. The Hall–Kier alpha value is -3.60. The van der Waals surface area contributed by atoms with Gasteiger partial charge < -0.3 is 13.9 Å². The second-order valence-electron chi connectivity index (χ2n) is 7.78. The molecular weight excluding hydrogens is 392 g/mol. The molecule has 31 heavy (non-hydrogen) atoms. The molecule has 4 aromatic rings. The number of benzene rings is 3. The topological polar surface area (TPSA) is 65.7 Å². The summed E-state index contributed by atoms with van der Waals surface area (Å²) in [7, 11) is 0. The van der Waals surface area contributed by atoms with Crippen LogP contribution in [0.5, 0.6) is 5.75 Å². The summed E-state index contributed by atoms with van der Waals surface area (Å²) >= 11 is 0. The first-order valence-corrected chi connectivity index (χ1v) is 10.5. The van der Waals surface area contributed by atoms with Crippen molar-refractivity contribution in [3.05, 3.63) is 87.8 Å². The van der Waals surface area contributed by atoms with E-state index >= 15 is 0 Å². The SMILES string of the molecule is O=C(COc1cccc2c1ccc1c3c(c(=O)oc12)CCCC3)OCc1ccccc1. The lowest BCUT2D eigenvalue weighted by Gasteiger charge is -2.17. The summed E-state index contributed by atoms with van der Waals surface area (Å²) in [6.07, 6.45) is 3.78. The van der Waals surface area contributed by atoms with Crippen LogP contribution in [-0.2, 0) is 29.0 Å². The van der Waals surface area contributed by atoms with Crippen LogP contribution in [0.2, 0.25) is 0 Å². The number of rotatable bonds is 5. The fraction of sp³-hybridized carbons (Fsp3) is 0.231. The molecule has 1 aromatic heterocycles. The van der Waals surface area contributed by atoms with E-state index in [1.807, 2.05) is 54.6 Å². The fourth-order valence-corrected chi connectivity index (χ4v) is 4.27. The molecular formula is C26H22O5. The number of ether oxygens (including phenoxy) is 2. The number of hydrogen-bond acceptors (Lipinski definition) is 5. The summed E-state index contributed by atoms with van der Waals surface area (Å²) in [6.45, 7) is 0.0115. The van der Waals surface area contributed by atoms with Crippen molar-refractivity contribution in [2.24, 2.45) is 0 Å². The van der Waals surface area contributed by atoms with Gasteiger partial charge in [0, 0.05) is 21.7 Å². The van der Waals surface area contributed by atoms with Gasteiger partial charge in [-0.1, -0.05) is 48.5 Å². The Morgan fingerprint density at radius 1 is 0.839 bits per heavy atom. The summed E-state index contributed by atoms with van der Waals surface area (Å²) in [6, 6.07) is 19.0. The zero-order valence-electron chi connectivity index (χ0n) is 17.1. The first-order valence-electron chi connectivity index (χ1n) is 10.5. The van der Waals surface area contributed by atoms with Crippen molar-refractivity contribution in [2.45, 2.75) is 32.3 Å². The third-order valence-electron chi connectivity index (χ3n) is 5.79. The molecule has 0 bridgehead atoms. The Morgan fingerprint density at radius 2 is 1.61 bits per heavy atom. The van der Waals surface area contributed by atoms with Crippen LogP contribution in [0.15, 0.2) is 69.9 Å². The monoisotopic (exact) mass is 414 g/mol. The molecule has 1 aliphatic carbocycles. The summed E-state index contributed by atoms with van der Waals surface area (Å²) in [5.74, 6) is 0.110. The summed E-state index contributed by atoms with van der Waals surface area (Å²) < 4.78 is 16.8. The number of carbonyl (C=O) groups excluding carboxylic acids is 1. The van der Waals surface area contributed by atoms with E-state index < -0.39 is 5.97 Å². The van der Waals surface area contributed by atoms with Gasteiger partial charge >= 0.3 is 11.6 Å². The van der Waals surface area contributed by atoms with Gasteiger partial charge in [-0.05, 0) is 48.9 Å². The minimum atomic E-state index is -0.442. The van der Waals surface area contributed by atoms with Crippen LogP contribution in [0.4, 0.5) is 0 Å². The molecule has 0 saturated heterocycles. The quantitative estimate of drug-likeness (QED) is 0.263. The van der Waals surface area contributed by atoms with Gasteiger partial charge in [-0.25, -0.2) is 9.59 Å². The lowest BCUT2D eigenvalue weighted by atomic mass is 9.90. The number of fused-ring (bicyclic) bond motifs is 5. The van der Waals surface area contributed by atoms with Gasteiger partial charge in [-0.15, -0.1) is 0 Å². The van der Waals surface area contributed by atoms with Crippen LogP contribution in [0.1, 0.15) is 29.5 Å². The molecule has 0 radical (unpaired) electrons. The molecule has 0 spiro atoms. The smallest absolute Gasteiger partial charge is 0.344 e. The van der Waals surface area contributed by atoms with Gasteiger partial charge in [0.15, 0.2) is 6.61 Å². The van der Waals surface area contributed by atoms with Crippen LogP contribution >= 0.6 is 0 Å². The Bertz CT molecular complexity index is 1320. The van der Waals surface area contributed by atoms with Crippen molar-refractivity contribution >= 4 is 27.7 Å². The molecule has 5 heteroatoms. The van der Waals surface area contributed by atoms with Gasteiger partial charge in [-0.2, -0.15) is 0 Å². The molecule has 0 saturated carbocycles. The first-order chi connectivity index (χ1) is 15.2. The van der Waals surface area contributed by atoms with Gasteiger partial charge in [0.05, 0.1) is 0 Å². The fourth-order valence-electron chi connectivity index (χ4n) is 4.27. The lowest BCUT2D eigenvalue weighted by Crippen LogP contribution is -2.16. The van der Waals surface area contributed by atoms with Crippen molar-refractivity contribution in [3.63, 3.8) is 0 Å². The van der Waals surface area contributed by atoms with Crippen LogP contribution < -0.4 is 10.4 Å². The minimum Gasteiger partial charge on any atom is -0.481 e. The van der Waals surface area contributed by atoms with Gasteiger partial charge in [0.2, 0.25) is 0 Å². The molecule has 3 aromatic carbocycles. The second-order valence-corrected chi connectivity index (χ2v) is 7.78. The van der Waals surface area contributed by atoms with E-state index in [1.54, 1.807) is 6.07 Å². The standard InChI is InChI=1S/C26H22O5/c27-24(30-15-17-7-2-1-3-8-17)16-29-23-12-6-11-20-19(23)13-14-21-18-9-4-5-10-22(18)26(28)31-25(20)21/h1-3,6-8,11-14H,4-5,9-10,15-16H2. The van der Waals surface area contributed by atoms with Crippen molar-refractivity contribution in [1.82, 2.24) is 0 Å². The zero-order valence-corrected chi connectivity index (χ0v) is 17.1. The van der Waals surface area contributed by atoms with E-state index in [9.17, 15) is 9.59 Å². The van der Waals surface area contributed by atoms with Gasteiger partial charge in [0.1, 0.15) is 17.9 Å². The molecule has 0 atom stereocenters. The van der Waals surface area contributed by atoms with Crippen LogP contribution in [0.3, 0.4) is 0 Å². The van der Waals surface area contributed by atoms with Crippen molar-refractivity contribution in [2.75, 3.05) is 6.61 Å². The molecule has 0 amide bonds. The van der Waals surface area contributed by atoms with Crippen molar-refractivity contribution < 1.29 is 18.7 Å². The van der Waals surface area contributed by atoms with E-state index in [0.29, 0.717) is 11.3 Å². The average Bonchev–Trinajstić information content (AvgIpc) is 2.82.